The zero-order valence-electron chi connectivity index (χ0n) is 15.5. The summed E-state index contributed by atoms with van der Waals surface area (Å²) in [4.78, 5) is 34.8. The number of hydrogen-bond acceptors (Lipinski definition) is 5. The van der Waals surface area contributed by atoms with E-state index >= 15 is 0 Å². The van der Waals surface area contributed by atoms with Gasteiger partial charge >= 0.3 is 12.0 Å². The van der Waals surface area contributed by atoms with Crippen molar-refractivity contribution >= 4 is 17.9 Å². The van der Waals surface area contributed by atoms with Gasteiger partial charge in [0, 0.05) is 7.05 Å². The molecular weight excluding hydrogens is 324 g/mol. The third-order valence-corrected chi connectivity index (χ3v) is 3.49. The molecule has 138 valence electrons. The van der Waals surface area contributed by atoms with Crippen LogP contribution in [0.3, 0.4) is 0 Å². The average molecular weight is 350 g/mol. The van der Waals surface area contributed by atoms with Gasteiger partial charge in [0.25, 0.3) is 5.91 Å². The Labute approximate surface area is 148 Å². The van der Waals surface area contributed by atoms with Gasteiger partial charge in [0.2, 0.25) is 0 Å². The topological polar surface area (TPSA) is 93.7 Å². The molecule has 0 saturated heterocycles. The quantitative estimate of drug-likeness (QED) is 0.794. The predicted molar refractivity (Wildman–Crippen MR) is 93.4 cm³/mol. The van der Waals surface area contributed by atoms with E-state index in [2.05, 4.69) is 26.1 Å². The van der Waals surface area contributed by atoms with Gasteiger partial charge in [-0.25, -0.2) is 9.59 Å². The lowest BCUT2D eigenvalue weighted by molar-refractivity contribution is -0.160. The van der Waals surface area contributed by atoms with Crippen molar-refractivity contribution in [1.29, 1.82) is 0 Å². The molecule has 7 nitrogen and oxygen atoms in total. The fraction of sp³-hybridized carbons (Fsp3) is 0.500. The van der Waals surface area contributed by atoms with Gasteiger partial charge in [0.1, 0.15) is 5.75 Å². The number of imide groups is 1. The molecule has 0 radical (unpaired) electrons. The monoisotopic (exact) mass is 350 g/mol. The summed E-state index contributed by atoms with van der Waals surface area (Å²) in [5.74, 6) is -0.881. The number of carbonyl (C=O) groups excluding carboxylic acids is 3. The maximum atomic E-state index is 12.0. The Morgan fingerprint density at radius 3 is 2.04 bits per heavy atom. The second-order valence-corrected chi connectivity index (χ2v) is 6.68. The lowest BCUT2D eigenvalue weighted by Crippen LogP contribution is -2.44. The minimum Gasteiger partial charge on any atom is -0.479 e. The molecule has 2 N–H and O–H groups in total. The molecule has 0 aliphatic carbocycles. The van der Waals surface area contributed by atoms with Crippen LogP contribution in [-0.2, 0) is 19.7 Å². The summed E-state index contributed by atoms with van der Waals surface area (Å²) < 4.78 is 10.6. The van der Waals surface area contributed by atoms with E-state index in [-0.39, 0.29) is 5.41 Å². The van der Waals surface area contributed by atoms with Crippen molar-refractivity contribution in [2.45, 2.75) is 52.2 Å². The van der Waals surface area contributed by atoms with Gasteiger partial charge in [0.05, 0.1) is 0 Å². The highest BCUT2D eigenvalue weighted by molar-refractivity contribution is 5.97. The summed E-state index contributed by atoms with van der Waals surface area (Å²) in [6.07, 6.45) is -2.00. The molecule has 2 atom stereocenters. The first-order chi connectivity index (χ1) is 11.5. The number of rotatable bonds is 5. The molecule has 0 unspecified atom stereocenters. The zero-order chi connectivity index (χ0) is 19.2. The van der Waals surface area contributed by atoms with Crippen LogP contribution in [0.2, 0.25) is 0 Å². The van der Waals surface area contributed by atoms with Crippen molar-refractivity contribution < 1.29 is 23.9 Å². The number of nitrogens with one attached hydrogen (secondary N) is 2. The molecule has 0 spiro atoms. The number of urea groups is 1. The van der Waals surface area contributed by atoms with E-state index in [0.29, 0.717) is 5.75 Å². The van der Waals surface area contributed by atoms with Crippen LogP contribution in [0.5, 0.6) is 5.75 Å². The highest BCUT2D eigenvalue weighted by Gasteiger charge is 2.24. The third kappa shape index (κ3) is 6.45. The van der Waals surface area contributed by atoms with E-state index in [9.17, 15) is 14.4 Å². The van der Waals surface area contributed by atoms with Gasteiger partial charge in [-0.05, 0) is 37.0 Å². The van der Waals surface area contributed by atoms with E-state index in [0.717, 1.165) is 5.56 Å². The Morgan fingerprint density at radius 2 is 1.56 bits per heavy atom. The Hall–Kier alpha value is -2.57. The fourth-order valence-electron chi connectivity index (χ4n) is 1.89. The van der Waals surface area contributed by atoms with Gasteiger partial charge in [-0.2, -0.15) is 0 Å². The minimum absolute atomic E-state index is 0.0245. The molecular formula is C18H26N2O5. The molecule has 0 aliphatic heterocycles. The van der Waals surface area contributed by atoms with Crippen molar-refractivity contribution in [1.82, 2.24) is 10.6 Å². The number of ether oxygens (including phenoxy) is 2. The number of hydrogen-bond donors (Lipinski definition) is 2. The molecule has 1 aromatic carbocycles. The van der Waals surface area contributed by atoms with Crippen LogP contribution in [-0.4, -0.2) is 37.2 Å². The normalized spacial score (nSPS) is 13.4. The van der Waals surface area contributed by atoms with Crippen LogP contribution >= 0.6 is 0 Å². The third-order valence-electron chi connectivity index (χ3n) is 3.49. The molecule has 1 rings (SSSR count). The zero-order valence-corrected chi connectivity index (χ0v) is 15.5. The maximum Gasteiger partial charge on any atom is 0.347 e. The summed E-state index contributed by atoms with van der Waals surface area (Å²) in [5, 5.41) is 4.28. The van der Waals surface area contributed by atoms with Crippen molar-refractivity contribution in [2.24, 2.45) is 0 Å². The summed E-state index contributed by atoms with van der Waals surface area (Å²) in [6.45, 7) is 9.22. The lowest BCUT2D eigenvalue weighted by Gasteiger charge is -2.20. The Morgan fingerprint density at radius 1 is 1.00 bits per heavy atom. The highest BCUT2D eigenvalue weighted by Crippen LogP contribution is 2.24. The number of esters is 1. The number of amides is 3. The SMILES string of the molecule is CNC(=O)NC(=O)[C@@H](C)OC(=O)[C@H](C)Oc1ccc(C(C)(C)C)cc1. The molecule has 7 heteroatoms. The van der Waals surface area contributed by atoms with Crippen LogP contribution in [0, 0.1) is 0 Å². The molecule has 0 saturated carbocycles. The maximum absolute atomic E-state index is 12.0. The van der Waals surface area contributed by atoms with Crippen LogP contribution in [0.1, 0.15) is 40.2 Å². The lowest BCUT2D eigenvalue weighted by atomic mass is 9.87. The number of benzene rings is 1. The van der Waals surface area contributed by atoms with Crippen molar-refractivity contribution in [2.75, 3.05) is 7.05 Å². The van der Waals surface area contributed by atoms with Crippen molar-refractivity contribution in [3.63, 3.8) is 0 Å². The van der Waals surface area contributed by atoms with Crippen molar-refractivity contribution in [3.05, 3.63) is 29.8 Å². The molecule has 0 bridgehead atoms. The summed E-state index contributed by atoms with van der Waals surface area (Å²) in [5.41, 5.74) is 1.17. The van der Waals surface area contributed by atoms with E-state index in [4.69, 9.17) is 9.47 Å². The van der Waals surface area contributed by atoms with Crippen LogP contribution in [0.25, 0.3) is 0 Å². The minimum atomic E-state index is -1.11. The van der Waals surface area contributed by atoms with Gasteiger partial charge in [-0.1, -0.05) is 32.9 Å². The van der Waals surface area contributed by atoms with Crippen LogP contribution in [0.15, 0.2) is 24.3 Å². The first kappa shape index (κ1) is 20.5. The highest BCUT2D eigenvalue weighted by atomic mass is 16.6. The van der Waals surface area contributed by atoms with Crippen LogP contribution in [0.4, 0.5) is 4.79 Å². The Balaban J connectivity index is 2.59. The molecule has 0 fully saturated rings. The first-order valence-corrected chi connectivity index (χ1v) is 8.05. The Kier molecular flexibility index (Phi) is 6.97. The molecule has 3 amide bonds. The molecule has 0 heterocycles. The fourth-order valence-corrected chi connectivity index (χ4v) is 1.89. The van der Waals surface area contributed by atoms with E-state index in [1.54, 1.807) is 12.1 Å². The smallest absolute Gasteiger partial charge is 0.347 e. The molecule has 0 aliphatic rings. The van der Waals surface area contributed by atoms with E-state index in [1.807, 2.05) is 17.4 Å². The van der Waals surface area contributed by atoms with E-state index < -0.39 is 30.1 Å². The van der Waals surface area contributed by atoms with E-state index in [1.165, 1.54) is 20.9 Å². The average Bonchev–Trinajstić information content (AvgIpc) is 2.54. The Bertz CT molecular complexity index is 619. The van der Waals surface area contributed by atoms with Crippen molar-refractivity contribution in [3.8, 4) is 5.75 Å². The second kappa shape index (κ2) is 8.50. The first-order valence-electron chi connectivity index (χ1n) is 8.05. The van der Waals surface area contributed by atoms with Gasteiger partial charge in [-0.15, -0.1) is 0 Å². The number of carbonyl (C=O) groups is 3. The standard InChI is InChI=1S/C18H26N2O5/c1-11(15(21)20-17(23)19-6)25-16(22)12(2)24-14-9-7-13(8-10-14)18(3,4)5/h7-12H,1-6H3,(H2,19,20,21,23)/t11-,12+/m1/s1. The molecule has 0 aromatic heterocycles. The van der Waals surface area contributed by atoms with Gasteiger partial charge in [0.15, 0.2) is 12.2 Å². The largest absolute Gasteiger partial charge is 0.479 e. The second-order valence-electron chi connectivity index (χ2n) is 6.68. The van der Waals surface area contributed by atoms with Gasteiger partial charge in [-0.3, -0.25) is 10.1 Å². The summed E-state index contributed by atoms with van der Waals surface area (Å²) >= 11 is 0. The summed E-state index contributed by atoms with van der Waals surface area (Å²) in [6, 6.07) is 6.77. The summed E-state index contributed by atoms with van der Waals surface area (Å²) in [7, 11) is 1.38. The molecule has 25 heavy (non-hydrogen) atoms. The van der Waals surface area contributed by atoms with Crippen LogP contribution < -0.4 is 15.4 Å². The van der Waals surface area contributed by atoms with Gasteiger partial charge < -0.3 is 14.8 Å². The predicted octanol–water partition coefficient (Wildman–Crippen LogP) is 2.14. The molecule has 1 aromatic rings.